The molecule has 2 saturated heterocycles. The van der Waals surface area contributed by atoms with Crippen molar-refractivity contribution >= 4 is 11.3 Å². The molecule has 1 unspecified atom stereocenters. The van der Waals surface area contributed by atoms with Crippen molar-refractivity contribution in [3.63, 3.8) is 0 Å². The lowest BCUT2D eigenvalue weighted by atomic mass is 9.97. The molecule has 5 rings (SSSR count). The fourth-order valence-corrected chi connectivity index (χ4v) is 4.66. The SMILES string of the molecule is COc1cccc(CN2CCCC(c3nc4ccc(N5CCCC5)cn4n3)C2)c1. The van der Waals surface area contributed by atoms with Crippen molar-refractivity contribution in [1.29, 1.82) is 0 Å². The molecule has 2 aromatic heterocycles. The zero-order chi connectivity index (χ0) is 19.6. The van der Waals surface area contributed by atoms with Crippen molar-refractivity contribution in [1.82, 2.24) is 19.5 Å². The Hall–Kier alpha value is -2.60. The normalized spacial score (nSPS) is 20.4. The number of piperidine rings is 1. The lowest BCUT2D eigenvalue weighted by Gasteiger charge is -2.31. The average molecular weight is 392 g/mol. The van der Waals surface area contributed by atoms with Crippen LogP contribution in [-0.2, 0) is 6.54 Å². The Morgan fingerprint density at radius 3 is 2.83 bits per heavy atom. The minimum absolute atomic E-state index is 0.393. The average Bonchev–Trinajstić information content (AvgIpc) is 3.43. The van der Waals surface area contributed by atoms with Crippen molar-refractivity contribution < 1.29 is 4.74 Å². The van der Waals surface area contributed by atoms with Gasteiger partial charge >= 0.3 is 0 Å². The number of ether oxygens (including phenoxy) is 1. The molecule has 3 aromatic rings. The third-order valence-electron chi connectivity index (χ3n) is 6.21. The van der Waals surface area contributed by atoms with Gasteiger partial charge in [-0.05, 0) is 62.1 Å². The topological polar surface area (TPSA) is 45.9 Å². The molecule has 0 aliphatic carbocycles. The van der Waals surface area contributed by atoms with E-state index in [2.05, 4.69) is 46.3 Å². The number of rotatable bonds is 5. The number of fused-ring (bicyclic) bond motifs is 1. The van der Waals surface area contributed by atoms with Crippen LogP contribution in [0.1, 0.15) is 43.0 Å². The van der Waals surface area contributed by atoms with Gasteiger partial charge in [-0.15, -0.1) is 0 Å². The molecule has 1 atom stereocenters. The van der Waals surface area contributed by atoms with Crippen LogP contribution in [0.3, 0.4) is 0 Å². The molecule has 2 aliphatic rings. The summed E-state index contributed by atoms with van der Waals surface area (Å²) >= 11 is 0. The maximum Gasteiger partial charge on any atom is 0.156 e. The second-order valence-corrected chi connectivity index (χ2v) is 8.28. The van der Waals surface area contributed by atoms with Gasteiger partial charge < -0.3 is 9.64 Å². The van der Waals surface area contributed by atoms with Crippen LogP contribution < -0.4 is 9.64 Å². The van der Waals surface area contributed by atoms with Crippen LogP contribution in [0.5, 0.6) is 5.75 Å². The molecule has 6 heteroatoms. The summed E-state index contributed by atoms with van der Waals surface area (Å²) in [4.78, 5) is 9.82. The molecule has 0 N–H and O–H groups in total. The fourth-order valence-electron chi connectivity index (χ4n) is 4.66. The second-order valence-electron chi connectivity index (χ2n) is 8.28. The second kappa shape index (κ2) is 8.03. The number of benzene rings is 1. The Balaban J connectivity index is 1.31. The largest absolute Gasteiger partial charge is 0.497 e. The van der Waals surface area contributed by atoms with Crippen molar-refractivity contribution in [3.8, 4) is 5.75 Å². The summed E-state index contributed by atoms with van der Waals surface area (Å²) in [5, 5.41) is 4.87. The van der Waals surface area contributed by atoms with E-state index in [1.54, 1.807) is 7.11 Å². The summed E-state index contributed by atoms with van der Waals surface area (Å²) < 4.78 is 7.35. The molecular formula is C23H29N5O. The first-order chi connectivity index (χ1) is 14.3. The summed E-state index contributed by atoms with van der Waals surface area (Å²) in [6.07, 6.45) is 7.05. The lowest BCUT2D eigenvalue weighted by Crippen LogP contribution is -2.34. The summed E-state index contributed by atoms with van der Waals surface area (Å²) in [5.74, 6) is 2.30. The maximum absolute atomic E-state index is 5.37. The van der Waals surface area contributed by atoms with Gasteiger partial charge in [-0.2, -0.15) is 5.10 Å². The number of methoxy groups -OCH3 is 1. The zero-order valence-corrected chi connectivity index (χ0v) is 17.1. The van der Waals surface area contributed by atoms with Gasteiger partial charge in [-0.3, -0.25) is 4.90 Å². The van der Waals surface area contributed by atoms with E-state index in [0.717, 1.165) is 56.4 Å². The van der Waals surface area contributed by atoms with E-state index in [1.807, 2.05) is 10.6 Å². The maximum atomic E-state index is 5.37. The molecule has 0 amide bonds. The Morgan fingerprint density at radius 1 is 1.07 bits per heavy atom. The highest BCUT2D eigenvalue weighted by Crippen LogP contribution is 2.27. The van der Waals surface area contributed by atoms with Crippen LogP contribution in [0.25, 0.3) is 5.65 Å². The van der Waals surface area contributed by atoms with Crippen molar-refractivity contribution in [2.45, 2.75) is 38.1 Å². The zero-order valence-electron chi connectivity index (χ0n) is 17.1. The minimum atomic E-state index is 0.393. The highest BCUT2D eigenvalue weighted by Gasteiger charge is 2.25. The number of anilines is 1. The Labute approximate surface area is 172 Å². The van der Waals surface area contributed by atoms with Gasteiger partial charge in [0.25, 0.3) is 0 Å². The lowest BCUT2D eigenvalue weighted by molar-refractivity contribution is 0.196. The number of likely N-dealkylation sites (tertiary alicyclic amines) is 1. The molecule has 0 bridgehead atoms. The molecule has 0 spiro atoms. The van der Waals surface area contributed by atoms with Crippen LogP contribution in [0.2, 0.25) is 0 Å². The molecule has 0 saturated carbocycles. The quantitative estimate of drug-likeness (QED) is 0.663. The Kier molecular flexibility index (Phi) is 5.10. The number of hydrogen-bond donors (Lipinski definition) is 0. The van der Waals surface area contributed by atoms with Crippen LogP contribution in [0, 0.1) is 0 Å². The van der Waals surface area contributed by atoms with E-state index in [-0.39, 0.29) is 0 Å². The predicted octanol–water partition coefficient (Wildman–Crippen LogP) is 3.72. The molecule has 0 radical (unpaired) electrons. The van der Waals surface area contributed by atoms with Gasteiger partial charge in [0.1, 0.15) is 5.75 Å². The van der Waals surface area contributed by atoms with Gasteiger partial charge in [0.15, 0.2) is 11.5 Å². The summed E-state index contributed by atoms with van der Waals surface area (Å²) in [6, 6.07) is 12.7. The number of aromatic nitrogens is 3. The smallest absolute Gasteiger partial charge is 0.156 e. The minimum Gasteiger partial charge on any atom is -0.497 e. The fraction of sp³-hybridized carbons (Fsp3) is 0.478. The summed E-state index contributed by atoms with van der Waals surface area (Å²) in [6.45, 7) is 5.37. The number of pyridine rings is 1. The predicted molar refractivity (Wildman–Crippen MR) is 115 cm³/mol. The molecule has 152 valence electrons. The van der Waals surface area contributed by atoms with Crippen molar-refractivity contribution in [3.05, 3.63) is 54.0 Å². The molecule has 2 aliphatic heterocycles. The highest BCUT2D eigenvalue weighted by atomic mass is 16.5. The third-order valence-corrected chi connectivity index (χ3v) is 6.21. The van der Waals surface area contributed by atoms with E-state index >= 15 is 0 Å². The molecule has 6 nitrogen and oxygen atoms in total. The van der Waals surface area contributed by atoms with E-state index < -0.39 is 0 Å². The number of nitrogens with zero attached hydrogens (tertiary/aromatic N) is 5. The first-order valence-corrected chi connectivity index (χ1v) is 10.7. The third kappa shape index (κ3) is 3.94. The molecular weight excluding hydrogens is 362 g/mol. The Bertz CT molecular complexity index is 978. The van der Waals surface area contributed by atoms with Crippen LogP contribution >= 0.6 is 0 Å². The monoisotopic (exact) mass is 391 g/mol. The molecule has 1 aromatic carbocycles. The van der Waals surface area contributed by atoms with E-state index in [1.165, 1.54) is 30.5 Å². The molecule has 4 heterocycles. The van der Waals surface area contributed by atoms with Crippen LogP contribution in [-0.4, -0.2) is 52.8 Å². The summed E-state index contributed by atoms with van der Waals surface area (Å²) in [5.41, 5.74) is 3.51. The Morgan fingerprint density at radius 2 is 1.97 bits per heavy atom. The van der Waals surface area contributed by atoms with E-state index in [4.69, 9.17) is 14.8 Å². The van der Waals surface area contributed by atoms with Gasteiger partial charge in [0, 0.05) is 32.1 Å². The van der Waals surface area contributed by atoms with Gasteiger partial charge in [0.05, 0.1) is 19.0 Å². The highest BCUT2D eigenvalue weighted by molar-refractivity contribution is 5.52. The first-order valence-electron chi connectivity index (χ1n) is 10.7. The van der Waals surface area contributed by atoms with Gasteiger partial charge in [-0.1, -0.05) is 12.1 Å². The molecule has 2 fully saturated rings. The first kappa shape index (κ1) is 18.4. The van der Waals surface area contributed by atoms with Crippen molar-refractivity contribution in [2.75, 3.05) is 38.2 Å². The van der Waals surface area contributed by atoms with Gasteiger partial charge in [0.2, 0.25) is 0 Å². The summed E-state index contributed by atoms with van der Waals surface area (Å²) in [7, 11) is 1.72. The van der Waals surface area contributed by atoms with Gasteiger partial charge in [-0.25, -0.2) is 9.50 Å². The van der Waals surface area contributed by atoms with Crippen LogP contribution in [0.15, 0.2) is 42.6 Å². The molecule has 29 heavy (non-hydrogen) atoms. The standard InChI is InChI=1S/C23H29N5O/c1-29-21-8-4-6-18(14-21)15-26-11-5-7-19(16-26)23-24-22-10-9-20(17-28(22)25-23)27-12-2-3-13-27/h4,6,8-10,14,17,19H,2-3,5,7,11-13,15-16H2,1H3. The van der Waals surface area contributed by atoms with E-state index in [0.29, 0.717) is 5.92 Å². The number of hydrogen-bond acceptors (Lipinski definition) is 5. The van der Waals surface area contributed by atoms with Crippen molar-refractivity contribution in [2.24, 2.45) is 0 Å². The van der Waals surface area contributed by atoms with E-state index in [9.17, 15) is 0 Å². The van der Waals surface area contributed by atoms with Crippen LogP contribution in [0.4, 0.5) is 5.69 Å².